The van der Waals surface area contributed by atoms with Crippen LogP contribution in [0.1, 0.15) is 0 Å². The number of primary amides is 1. The number of hydrogen-bond donors (Lipinski definition) is 1. The molecule has 1 unspecified atom stereocenters. The van der Waals surface area contributed by atoms with Crippen molar-refractivity contribution in [3.8, 4) is 0 Å². The van der Waals surface area contributed by atoms with Crippen LogP contribution in [0.5, 0.6) is 0 Å². The molecule has 0 aromatic carbocycles. The van der Waals surface area contributed by atoms with E-state index in [0.717, 1.165) is 0 Å². The van der Waals surface area contributed by atoms with Crippen LogP contribution in [-0.4, -0.2) is 25.1 Å². The quantitative estimate of drug-likeness (QED) is 0.592. The third-order valence-corrected chi connectivity index (χ3v) is 1.27. The Morgan fingerprint density at radius 2 is 2.33 bits per heavy atom. The molecule has 0 aromatic rings. The van der Waals surface area contributed by atoms with Crippen molar-refractivity contribution in [1.29, 1.82) is 0 Å². The van der Waals surface area contributed by atoms with E-state index in [1.807, 2.05) is 0 Å². The van der Waals surface area contributed by atoms with Crippen molar-refractivity contribution in [2.24, 2.45) is 5.73 Å². The number of ether oxygens (including phenoxy) is 2. The lowest BCUT2D eigenvalue weighted by molar-refractivity contribution is -0.0128. The van der Waals surface area contributed by atoms with E-state index in [4.69, 9.17) is 0 Å². The van der Waals surface area contributed by atoms with Gasteiger partial charge in [0.25, 0.3) is 5.62 Å². The number of carbonyl (C=O) groups is 1. The maximum Gasteiger partial charge on any atom is 0.407 e. The lowest BCUT2D eigenvalue weighted by Gasteiger charge is -2.10. The van der Waals surface area contributed by atoms with E-state index in [1.165, 1.54) is 18.9 Å². The van der Waals surface area contributed by atoms with Gasteiger partial charge in [0.15, 0.2) is 0 Å². The average molecular weight is 151 g/mol. The summed E-state index contributed by atoms with van der Waals surface area (Å²) in [6.45, 7) is 0. The third-order valence-electron chi connectivity index (χ3n) is 0.597. The van der Waals surface area contributed by atoms with Gasteiger partial charge < -0.3 is 15.2 Å². The Kier molecular flexibility index (Phi) is 4.25. The van der Waals surface area contributed by atoms with Gasteiger partial charge in [-0.05, 0) is 6.26 Å². The van der Waals surface area contributed by atoms with E-state index in [9.17, 15) is 4.79 Å². The number of carbonyl (C=O) groups excluding carboxylic acids is 1. The monoisotopic (exact) mass is 151 g/mol. The first-order valence-corrected chi connectivity index (χ1v) is 3.51. The predicted octanol–water partition coefficient (Wildman–Crippen LogP) is 0.375. The highest BCUT2D eigenvalue weighted by atomic mass is 32.2. The summed E-state index contributed by atoms with van der Waals surface area (Å²) in [5.74, 6) is 0. The third kappa shape index (κ3) is 4.11. The average Bonchev–Trinajstić information content (AvgIpc) is 1.82. The summed E-state index contributed by atoms with van der Waals surface area (Å²) in [5, 5.41) is 0. The molecule has 0 radical (unpaired) electrons. The van der Waals surface area contributed by atoms with Gasteiger partial charge in [-0.1, -0.05) is 11.8 Å². The van der Waals surface area contributed by atoms with Crippen LogP contribution < -0.4 is 5.73 Å². The molecule has 9 heavy (non-hydrogen) atoms. The van der Waals surface area contributed by atoms with E-state index in [-0.39, 0.29) is 0 Å². The Balaban J connectivity index is 3.43. The molecule has 0 aliphatic carbocycles. The summed E-state index contributed by atoms with van der Waals surface area (Å²) in [6.07, 6.45) is 0.924. The Morgan fingerprint density at radius 3 is 2.44 bits per heavy atom. The number of amides is 1. The molecule has 1 amide bonds. The molecule has 54 valence electrons. The SMILES string of the molecule is COC(OC(N)=O)SC. The van der Waals surface area contributed by atoms with Crippen molar-refractivity contribution in [3.63, 3.8) is 0 Å². The van der Waals surface area contributed by atoms with Gasteiger partial charge in [-0.15, -0.1) is 0 Å². The largest absolute Gasteiger partial charge is 0.410 e. The van der Waals surface area contributed by atoms with Gasteiger partial charge in [-0.2, -0.15) is 0 Å². The molecule has 0 aliphatic rings. The number of hydrogen-bond acceptors (Lipinski definition) is 4. The molecule has 0 bridgehead atoms. The Hall–Kier alpha value is -0.420. The van der Waals surface area contributed by atoms with Crippen LogP contribution in [0.15, 0.2) is 0 Å². The molecular formula is C4H9NO3S. The number of methoxy groups -OCH3 is 1. The second-order valence-electron chi connectivity index (χ2n) is 1.20. The smallest absolute Gasteiger partial charge is 0.407 e. The number of thioether (sulfide) groups is 1. The summed E-state index contributed by atoms with van der Waals surface area (Å²) < 4.78 is 9.08. The van der Waals surface area contributed by atoms with Crippen molar-refractivity contribution >= 4 is 17.9 Å². The van der Waals surface area contributed by atoms with Crippen molar-refractivity contribution in [2.75, 3.05) is 13.4 Å². The summed E-state index contributed by atoms with van der Waals surface area (Å²) in [6, 6.07) is 0. The molecule has 2 N–H and O–H groups in total. The van der Waals surface area contributed by atoms with Gasteiger partial charge in [0.05, 0.1) is 0 Å². The minimum absolute atomic E-state index is 0.581. The second-order valence-corrected chi connectivity index (χ2v) is 2.05. The van der Waals surface area contributed by atoms with Crippen molar-refractivity contribution in [1.82, 2.24) is 0 Å². The standard InChI is InChI=1S/C4H9NO3S/c1-7-4(9-2)8-3(5)6/h4H,1-2H3,(H2,5,6). The van der Waals surface area contributed by atoms with E-state index in [2.05, 4.69) is 15.2 Å². The molecule has 0 aliphatic heterocycles. The molecule has 0 saturated heterocycles. The van der Waals surface area contributed by atoms with E-state index >= 15 is 0 Å². The van der Waals surface area contributed by atoms with Crippen molar-refractivity contribution in [3.05, 3.63) is 0 Å². The van der Waals surface area contributed by atoms with Gasteiger partial charge in [-0.3, -0.25) is 0 Å². The Morgan fingerprint density at radius 1 is 1.78 bits per heavy atom. The zero-order valence-corrected chi connectivity index (χ0v) is 6.10. The van der Waals surface area contributed by atoms with Crippen molar-refractivity contribution in [2.45, 2.75) is 5.62 Å². The minimum atomic E-state index is -0.823. The summed E-state index contributed by atoms with van der Waals surface area (Å²) in [5.41, 5.74) is 4.11. The summed E-state index contributed by atoms with van der Waals surface area (Å²) in [4.78, 5) is 10.0. The molecule has 0 aromatic heterocycles. The van der Waals surface area contributed by atoms with Gasteiger partial charge >= 0.3 is 6.09 Å². The van der Waals surface area contributed by atoms with E-state index < -0.39 is 11.7 Å². The van der Waals surface area contributed by atoms with E-state index in [1.54, 1.807) is 6.26 Å². The second kappa shape index (κ2) is 4.46. The number of rotatable bonds is 3. The van der Waals surface area contributed by atoms with Crippen LogP contribution in [-0.2, 0) is 9.47 Å². The predicted molar refractivity (Wildman–Crippen MR) is 35.0 cm³/mol. The lowest BCUT2D eigenvalue weighted by Crippen LogP contribution is -2.21. The fourth-order valence-corrected chi connectivity index (χ4v) is 0.671. The van der Waals surface area contributed by atoms with Crippen molar-refractivity contribution < 1.29 is 14.3 Å². The van der Waals surface area contributed by atoms with Crippen LogP contribution in [0.3, 0.4) is 0 Å². The summed E-state index contributed by atoms with van der Waals surface area (Å²) in [7, 11) is 1.43. The van der Waals surface area contributed by atoms with Crippen LogP contribution in [0, 0.1) is 0 Å². The molecule has 1 atom stereocenters. The molecular weight excluding hydrogens is 142 g/mol. The Bertz CT molecular complexity index is 93.8. The zero-order chi connectivity index (χ0) is 7.28. The maximum atomic E-state index is 10.0. The van der Waals surface area contributed by atoms with Crippen LogP contribution in [0.25, 0.3) is 0 Å². The first kappa shape index (κ1) is 8.58. The van der Waals surface area contributed by atoms with Gasteiger partial charge in [0, 0.05) is 7.11 Å². The first-order chi connectivity index (χ1) is 4.20. The van der Waals surface area contributed by atoms with Gasteiger partial charge in [0.2, 0.25) is 0 Å². The molecule has 0 heterocycles. The van der Waals surface area contributed by atoms with Gasteiger partial charge in [-0.25, -0.2) is 4.79 Å². The molecule has 0 saturated carbocycles. The highest BCUT2D eigenvalue weighted by Gasteiger charge is 2.06. The normalized spacial score (nSPS) is 12.7. The highest BCUT2D eigenvalue weighted by molar-refractivity contribution is 7.98. The van der Waals surface area contributed by atoms with Crippen LogP contribution >= 0.6 is 11.8 Å². The molecule has 4 nitrogen and oxygen atoms in total. The van der Waals surface area contributed by atoms with Crippen LogP contribution in [0.2, 0.25) is 0 Å². The van der Waals surface area contributed by atoms with E-state index in [0.29, 0.717) is 0 Å². The Labute approximate surface area is 57.7 Å². The minimum Gasteiger partial charge on any atom is -0.410 e. The topological polar surface area (TPSA) is 61.6 Å². The lowest BCUT2D eigenvalue weighted by atomic mass is 11.2. The van der Waals surface area contributed by atoms with Gasteiger partial charge in [0.1, 0.15) is 0 Å². The first-order valence-electron chi connectivity index (χ1n) is 2.22. The molecule has 0 rings (SSSR count). The molecule has 0 spiro atoms. The molecule has 5 heteroatoms. The fourth-order valence-electron chi connectivity index (χ4n) is 0.287. The fraction of sp³-hybridized carbons (Fsp3) is 0.750. The maximum absolute atomic E-state index is 10.0. The summed E-state index contributed by atoms with van der Waals surface area (Å²) >= 11 is 1.25. The molecule has 0 fully saturated rings. The number of nitrogens with two attached hydrogens (primary N) is 1. The zero-order valence-electron chi connectivity index (χ0n) is 5.29. The van der Waals surface area contributed by atoms with Crippen LogP contribution in [0.4, 0.5) is 4.79 Å². The highest BCUT2D eigenvalue weighted by Crippen LogP contribution is 2.07.